The van der Waals surface area contributed by atoms with Gasteiger partial charge >= 0.3 is 0 Å². The minimum absolute atomic E-state index is 0.121. The van der Waals surface area contributed by atoms with Gasteiger partial charge in [-0.2, -0.15) is 0 Å². The zero-order chi connectivity index (χ0) is 21.5. The number of thioether (sulfide) groups is 1. The second kappa shape index (κ2) is 10.3. The van der Waals surface area contributed by atoms with Crippen LogP contribution in [0.5, 0.6) is 0 Å². The van der Waals surface area contributed by atoms with E-state index in [1.807, 2.05) is 44.3 Å². The first kappa shape index (κ1) is 22.0. The van der Waals surface area contributed by atoms with Gasteiger partial charge in [0, 0.05) is 46.6 Å². The second-order valence-corrected chi connectivity index (χ2v) is 8.90. The number of benzene rings is 2. The summed E-state index contributed by atoms with van der Waals surface area (Å²) in [6.45, 7) is 6.26. The Labute approximate surface area is 182 Å². The van der Waals surface area contributed by atoms with Crippen LogP contribution in [-0.4, -0.2) is 35.1 Å². The van der Waals surface area contributed by atoms with Gasteiger partial charge < -0.3 is 15.6 Å². The smallest absolute Gasteiger partial charge is 0.242 e. The third-order valence-corrected chi connectivity index (χ3v) is 5.96. The second-order valence-electron chi connectivity index (χ2n) is 7.73. The number of aryl methyl sites for hydroxylation is 1. The Kier molecular flexibility index (Phi) is 7.57. The Morgan fingerprint density at radius 2 is 1.77 bits per heavy atom. The number of hydrogen-bond donors (Lipinski definition) is 3. The molecular formula is C24H29N3O2S. The van der Waals surface area contributed by atoms with Crippen molar-refractivity contribution in [2.24, 2.45) is 5.92 Å². The van der Waals surface area contributed by atoms with Crippen molar-refractivity contribution >= 4 is 34.5 Å². The maximum absolute atomic E-state index is 12.9. The summed E-state index contributed by atoms with van der Waals surface area (Å²) in [4.78, 5) is 29.6. The number of aromatic amines is 1. The summed E-state index contributed by atoms with van der Waals surface area (Å²) in [5.74, 6) is 0.315. The summed E-state index contributed by atoms with van der Waals surface area (Å²) in [7, 11) is 0. The Morgan fingerprint density at radius 1 is 1.03 bits per heavy atom. The fourth-order valence-corrected chi connectivity index (χ4v) is 3.94. The van der Waals surface area contributed by atoms with Gasteiger partial charge in [0.1, 0.15) is 6.04 Å². The van der Waals surface area contributed by atoms with E-state index in [4.69, 9.17) is 0 Å². The Morgan fingerprint density at radius 3 is 2.50 bits per heavy atom. The highest BCUT2D eigenvalue weighted by Gasteiger charge is 2.23. The van der Waals surface area contributed by atoms with Gasteiger partial charge in [-0.05, 0) is 30.7 Å². The summed E-state index contributed by atoms with van der Waals surface area (Å²) < 4.78 is 0. The van der Waals surface area contributed by atoms with E-state index in [2.05, 4.69) is 46.8 Å². The molecule has 30 heavy (non-hydrogen) atoms. The van der Waals surface area contributed by atoms with Crippen molar-refractivity contribution < 1.29 is 9.59 Å². The summed E-state index contributed by atoms with van der Waals surface area (Å²) in [5, 5.41) is 6.97. The molecule has 2 aromatic carbocycles. The monoisotopic (exact) mass is 423 g/mol. The maximum Gasteiger partial charge on any atom is 0.242 e. The molecule has 5 nitrogen and oxygen atoms in total. The first-order valence-electron chi connectivity index (χ1n) is 10.3. The van der Waals surface area contributed by atoms with Gasteiger partial charge in [0.25, 0.3) is 0 Å². The number of rotatable bonds is 9. The predicted octanol–water partition coefficient (Wildman–Crippen LogP) is 4.07. The van der Waals surface area contributed by atoms with Crippen LogP contribution in [0, 0.1) is 12.8 Å². The molecule has 3 rings (SSSR count). The topological polar surface area (TPSA) is 74.0 Å². The molecule has 2 amide bonds. The number of fused-ring (bicyclic) bond motifs is 1. The van der Waals surface area contributed by atoms with E-state index in [0.29, 0.717) is 13.0 Å². The molecule has 1 unspecified atom stereocenters. The van der Waals surface area contributed by atoms with Gasteiger partial charge in [0.2, 0.25) is 11.8 Å². The van der Waals surface area contributed by atoms with Crippen molar-refractivity contribution in [1.29, 1.82) is 0 Å². The number of hydrogen-bond acceptors (Lipinski definition) is 3. The Hall–Kier alpha value is -2.73. The normalized spacial score (nSPS) is 12.1. The van der Waals surface area contributed by atoms with E-state index in [1.54, 1.807) is 11.8 Å². The van der Waals surface area contributed by atoms with E-state index < -0.39 is 6.04 Å². The molecule has 3 N–H and O–H groups in total. The fraction of sp³-hybridized carbons (Fsp3) is 0.333. The molecule has 0 fully saturated rings. The van der Waals surface area contributed by atoms with Gasteiger partial charge in [-0.3, -0.25) is 9.59 Å². The molecule has 0 saturated heterocycles. The average Bonchev–Trinajstić information content (AvgIpc) is 3.14. The predicted molar refractivity (Wildman–Crippen MR) is 124 cm³/mol. The van der Waals surface area contributed by atoms with Crippen LogP contribution in [0.4, 0.5) is 0 Å². The van der Waals surface area contributed by atoms with Crippen molar-refractivity contribution in [1.82, 2.24) is 15.6 Å². The molecule has 158 valence electrons. The van der Waals surface area contributed by atoms with Crippen LogP contribution in [0.15, 0.2) is 59.6 Å². The molecule has 6 heteroatoms. The van der Waals surface area contributed by atoms with Crippen molar-refractivity contribution in [3.8, 4) is 0 Å². The lowest BCUT2D eigenvalue weighted by molar-refractivity contribution is -0.130. The number of aromatic nitrogens is 1. The summed E-state index contributed by atoms with van der Waals surface area (Å²) in [6.07, 6.45) is 2.36. The van der Waals surface area contributed by atoms with Crippen LogP contribution in [0.2, 0.25) is 0 Å². The highest BCUT2D eigenvalue weighted by molar-refractivity contribution is 7.99. The lowest BCUT2D eigenvalue weighted by atomic mass is 10.0. The van der Waals surface area contributed by atoms with E-state index in [-0.39, 0.29) is 17.7 Å². The quantitative estimate of drug-likeness (QED) is 0.359. The zero-order valence-electron chi connectivity index (χ0n) is 17.7. The molecule has 1 atom stereocenters. The molecular weight excluding hydrogens is 394 g/mol. The maximum atomic E-state index is 12.9. The number of carbonyl (C=O) groups excluding carboxylic acids is 2. The SMILES string of the molecule is Cc1ccc(SCCNC(=O)C(Cc2c[nH]c3ccccc23)NC(=O)C(C)C)cc1. The van der Waals surface area contributed by atoms with Gasteiger partial charge in [-0.25, -0.2) is 0 Å². The van der Waals surface area contributed by atoms with Crippen LogP contribution in [0.3, 0.4) is 0 Å². The highest BCUT2D eigenvalue weighted by atomic mass is 32.2. The molecule has 0 radical (unpaired) electrons. The van der Waals surface area contributed by atoms with Crippen LogP contribution in [0.25, 0.3) is 10.9 Å². The number of H-pyrrole nitrogens is 1. The highest BCUT2D eigenvalue weighted by Crippen LogP contribution is 2.20. The third-order valence-electron chi connectivity index (χ3n) is 4.95. The number of amides is 2. The third kappa shape index (κ3) is 5.89. The molecule has 3 aromatic rings. The van der Waals surface area contributed by atoms with Crippen LogP contribution in [-0.2, 0) is 16.0 Å². The van der Waals surface area contributed by atoms with E-state index >= 15 is 0 Å². The summed E-state index contributed by atoms with van der Waals surface area (Å²) in [6, 6.07) is 15.7. The number of para-hydroxylation sites is 1. The molecule has 0 spiro atoms. The van der Waals surface area contributed by atoms with Gasteiger partial charge in [0.05, 0.1) is 0 Å². The van der Waals surface area contributed by atoms with Gasteiger partial charge in [0.15, 0.2) is 0 Å². The van der Waals surface area contributed by atoms with Crippen molar-refractivity contribution in [2.45, 2.75) is 38.1 Å². The molecule has 0 saturated carbocycles. The molecule has 1 heterocycles. The van der Waals surface area contributed by atoms with Gasteiger partial charge in [-0.1, -0.05) is 49.7 Å². The molecule has 0 aliphatic carbocycles. The van der Waals surface area contributed by atoms with Crippen molar-refractivity contribution in [3.05, 3.63) is 65.9 Å². The van der Waals surface area contributed by atoms with Crippen molar-refractivity contribution in [2.75, 3.05) is 12.3 Å². The van der Waals surface area contributed by atoms with Crippen molar-refractivity contribution in [3.63, 3.8) is 0 Å². The van der Waals surface area contributed by atoms with E-state index in [9.17, 15) is 9.59 Å². The average molecular weight is 424 g/mol. The largest absolute Gasteiger partial charge is 0.361 e. The summed E-state index contributed by atoms with van der Waals surface area (Å²) >= 11 is 1.70. The van der Waals surface area contributed by atoms with Crippen LogP contribution >= 0.6 is 11.8 Å². The van der Waals surface area contributed by atoms with E-state index in [1.165, 1.54) is 10.5 Å². The first-order chi connectivity index (χ1) is 14.4. The zero-order valence-corrected chi connectivity index (χ0v) is 18.5. The number of nitrogens with one attached hydrogen (secondary N) is 3. The van der Waals surface area contributed by atoms with Gasteiger partial charge in [-0.15, -0.1) is 11.8 Å². The molecule has 0 aliphatic rings. The van der Waals surface area contributed by atoms with Crippen LogP contribution < -0.4 is 10.6 Å². The lowest BCUT2D eigenvalue weighted by Crippen LogP contribution is -2.49. The minimum Gasteiger partial charge on any atom is -0.361 e. The first-order valence-corrected chi connectivity index (χ1v) is 11.2. The van der Waals surface area contributed by atoms with E-state index in [0.717, 1.165) is 22.2 Å². The standard InChI is InChI=1S/C24H29N3O2S/c1-16(2)23(28)27-22(14-18-15-26-21-7-5-4-6-20(18)21)24(29)25-12-13-30-19-10-8-17(3)9-11-19/h4-11,15-16,22,26H,12-14H2,1-3H3,(H,25,29)(H,27,28). The Balaban J connectivity index is 1.61. The minimum atomic E-state index is -0.608. The number of carbonyl (C=O) groups is 2. The van der Waals surface area contributed by atoms with Crippen LogP contribution in [0.1, 0.15) is 25.0 Å². The Bertz CT molecular complexity index is 995. The summed E-state index contributed by atoms with van der Waals surface area (Å²) in [5.41, 5.74) is 3.27. The molecule has 0 bridgehead atoms. The fourth-order valence-electron chi connectivity index (χ4n) is 3.17. The lowest BCUT2D eigenvalue weighted by Gasteiger charge is -2.19. The molecule has 1 aromatic heterocycles. The molecule has 0 aliphatic heterocycles.